The van der Waals surface area contributed by atoms with Crippen LogP contribution in [0.25, 0.3) is 0 Å². The van der Waals surface area contributed by atoms with Gasteiger partial charge < -0.3 is 16.0 Å². The number of carbonyl (C=O) groups is 1. The molecule has 2 aliphatic rings. The van der Waals surface area contributed by atoms with Gasteiger partial charge in [-0.3, -0.25) is 4.79 Å². The lowest BCUT2D eigenvalue weighted by Gasteiger charge is -2.27. The minimum Gasteiger partial charge on any atom is -0.375 e. The van der Waals surface area contributed by atoms with Crippen molar-refractivity contribution in [1.29, 1.82) is 0 Å². The van der Waals surface area contributed by atoms with Crippen molar-refractivity contribution in [3.8, 4) is 0 Å². The Kier molecular flexibility index (Phi) is 3.35. The molecular formula is C16H18N4OS. The predicted octanol–water partition coefficient (Wildman–Crippen LogP) is 1.76. The van der Waals surface area contributed by atoms with Crippen LogP contribution in [0.2, 0.25) is 0 Å². The highest BCUT2D eigenvalue weighted by Gasteiger charge is 2.47. The van der Waals surface area contributed by atoms with Crippen molar-refractivity contribution in [3.05, 3.63) is 47.0 Å². The van der Waals surface area contributed by atoms with Crippen LogP contribution in [0, 0.1) is 11.8 Å². The summed E-state index contributed by atoms with van der Waals surface area (Å²) >= 11 is 1.32. The summed E-state index contributed by atoms with van der Waals surface area (Å²) in [7, 11) is 0. The van der Waals surface area contributed by atoms with Gasteiger partial charge in [0.1, 0.15) is 5.69 Å². The fraction of sp³-hybridized carbons (Fsp3) is 0.375. The molecule has 3 atom stereocenters. The van der Waals surface area contributed by atoms with Crippen molar-refractivity contribution in [2.45, 2.75) is 6.04 Å². The number of likely N-dealkylation sites (tertiary alicyclic amines) is 1. The number of carbonyl (C=O) groups excluding carboxylic acids is 1. The van der Waals surface area contributed by atoms with Gasteiger partial charge in [0, 0.05) is 30.9 Å². The fourth-order valence-electron chi connectivity index (χ4n) is 3.74. The maximum atomic E-state index is 12.9. The van der Waals surface area contributed by atoms with Crippen LogP contribution >= 0.6 is 11.3 Å². The molecular weight excluding hydrogens is 296 g/mol. The number of fused-ring (bicyclic) bond motifs is 1. The van der Waals surface area contributed by atoms with Gasteiger partial charge >= 0.3 is 0 Å². The Morgan fingerprint density at radius 1 is 1.32 bits per heavy atom. The molecule has 6 heteroatoms. The molecule has 0 aliphatic carbocycles. The van der Waals surface area contributed by atoms with E-state index in [-0.39, 0.29) is 11.9 Å². The minimum absolute atomic E-state index is 0.00352. The van der Waals surface area contributed by atoms with Crippen LogP contribution < -0.4 is 11.1 Å². The first kappa shape index (κ1) is 13.7. The van der Waals surface area contributed by atoms with Crippen LogP contribution in [-0.2, 0) is 0 Å². The molecule has 3 N–H and O–H groups in total. The lowest BCUT2D eigenvalue weighted by molar-refractivity contribution is 0.0709. The van der Waals surface area contributed by atoms with Gasteiger partial charge in [-0.05, 0) is 11.5 Å². The molecule has 1 aromatic carbocycles. The van der Waals surface area contributed by atoms with Crippen LogP contribution in [0.4, 0.5) is 5.13 Å². The zero-order valence-electron chi connectivity index (χ0n) is 12.1. The number of nitrogens with one attached hydrogen (secondary N) is 1. The Morgan fingerprint density at radius 3 is 2.86 bits per heavy atom. The standard InChI is InChI=1S/C16H18N4OS/c17-16-19-13(9-22-16)15(21)20-8-11-6-18-7-12(11)14(20)10-4-2-1-3-5-10/h1-5,9,11-12,14,18H,6-8H2,(H2,17,19)/t11-,12-,14-/m0/s1. The number of aromatic nitrogens is 1. The van der Waals surface area contributed by atoms with Gasteiger partial charge in [0.15, 0.2) is 5.13 Å². The molecule has 2 fully saturated rings. The Hall–Kier alpha value is -1.92. The van der Waals surface area contributed by atoms with Gasteiger partial charge in [-0.2, -0.15) is 0 Å². The highest BCUT2D eigenvalue weighted by atomic mass is 32.1. The third-order valence-electron chi connectivity index (χ3n) is 4.71. The van der Waals surface area contributed by atoms with Crippen molar-refractivity contribution < 1.29 is 4.79 Å². The molecule has 1 aromatic heterocycles. The average Bonchev–Trinajstić information content (AvgIpc) is 3.22. The Labute approximate surface area is 133 Å². The van der Waals surface area contributed by atoms with Crippen molar-refractivity contribution in [3.63, 3.8) is 0 Å². The number of benzene rings is 1. The minimum atomic E-state index is -0.00352. The summed E-state index contributed by atoms with van der Waals surface area (Å²) < 4.78 is 0. The second-order valence-electron chi connectivity index (χ2n) is 5.97. The number of thiazole rings is 1. The van der Waals surface area contributed by atoms with Gasteiger partial charge in [-0.1, -0.05) is 30.3 Å². The molecule has 2 aliphatic heterocycles. The summed E-state index contributed by atoms with van der Waals surface area (Å²) in [5.74, 6) is 0.990. The molecule has 0 spiro atoms. The monoisotopic (exact) mass is 314 g/mol. The summed E-state index contributed by atoms with van der Waals surface area (Å²) in [6.45, 7) is 2.73. The summed E-state index contributed by atoms with van der Waals surface area (Å²) in [5, 5.41) is 5.66. The van der Waals surface area contributed by atoms with Crippen LogP contribution in [0.15, 0.2) is 35.7 Å². The normalized spacial score (nSPS) is 27.1. The summed E-state index contributed by atoms with van der Waals surface area (Å²) in [4.78, 5) is 19.0. The largest absolute Gasteiger partial charge is 0.375 e. The van der Waals surface area contributed by atoms with E-state index >= 15 is 0 Å². The van der Waals surface area contributed by atoms with E-state index in [1.165, 1.54) is 16.9 Å². The number of amides is 1. The summed E-state index contributed by atoms with van der Waals surface area (Å²) in [5.41, 5.74) is 7.35. The smallest absolute Gasteiger partial charge is 0.273 e. The predicted molar refractivity (Wildman–Crippen MR) is 86.6 cm³/mol. The first-order chi connectivity index (χ1) is 10.7. The van der Waals surface area contributed by atoms with E-state index in [4.69, 9.17) is 5.73 Å². The zero-order chi connectivity index (χ0) is 15.1. The molecule has 0 bridgehead atoms. The number of nitrogens with two attached hydrogens (primary N) is 1. The number of anilines is 1. The van der Waals surface area contributed by atoms with Crippen molar-refractivity contribution in [2.75, 3.05) is 25.4 Å². The maximum absolute atomic E-state index is 12.9. The third kappa shape index (κ3) is 2.19. The van der Waals surface area contributed by atoms with Crippen molar-refractivity contribution in [1.82, 2.24) is 15.2 Å². The molecule has 2 saturated heterocycles. The topological polar surface area (TPSA) is 71.2 Å². The second kappa shape index (κ2) is 5.37. The molecule has 5 nitrogen and oxygen atoms in total. The van der Waals surface area contributed by atoms with Gasteiger partial charge in [0.25, 0.3) is 5.91 Å². The lowest BCUT2D eigenvalue weighted by Crippen LogP contribution is -2.34. The Bertz CT molecular complexity index is 686. The van der Waals surface area contributed by atoms with Gasteiger partial charge in [0.2, 0.25) is 0 Å². The quantitative estimate of drug-likeness (QED) is 0.886. The van der Waals surface area contributed by atoms with Crippen molar-refractivity contribution >= 4 is 22.4 Å². The zero-order valence-corrected chi connectivity index (χ0v) is 12.9. The second-order valence-corrected chi connectivity index (χ2v) is 6.86. The fourth-order valence-corrected chi connectivity index (χ4v) is 4.28. The summed E-state index contributed by atoms with van der Waals surface area (Å²) in [6, 6.07) is 10.4. The molecule has 1 amide bonds. The first-order valence-electron chi connectivity index (χ1n) is 7.51. The highest BCUT2D eigenvalue weighted by molar-refractivity contribution is 7.13. The average molecular weight is 314 g/mol. The number of hydrogen-bond donors (Lipinski definition) is 2. The number of rotatable bonds is 2. The third-order valence-corrected chi connectivity index (χ3v) is 5.38. The van der Waals surface area contributed by atoms with Crippen LogP contribution in [0.1, 0.15) is 22.1 Å². The molecule has 2 aromatic rings. The SMILES string of the molecule is Nc1nc(C(=O)N2C[C@@H]3CNC[C@@H]3[C@@H]2c2ccccc2)cs1. The van der Waals surface area contributed by atoms with E-state index in [9.17, 15) is 4.79 Å². The van der Waals surface area contributed by atoms with Gasteiger partial charge in [-0.15, -0.1) is 11.3 Å². The van der Waals surface area contributed by atoms with Crippen LogP contribution in [0.5, 0.6) is 0 Å². The van der Waals surface area contributed by atoms with Crippen molar-refractivity contribution in [2.24, 2.45) is 11.8 Å². The molecule has 0 saturated carbocycles. The van der Waals surface area contributed by atoms with E-state index < -0.39 is 0 Å². The van der Waals surface area contributed by atoms with Gasteiger partial charge in [0.05, 0.1) is 6.04 Å². The molecule has 3 heterocycles. The molecule has 0 unspecified atom stereocenters. The number of nitrogens with zero attached hydrogens (tertiary/aromatic N) is 2. The molecule has 4 rings (SSSR count). The van der Waals surface area contributed by atoms with E-state index in [0.717, 1.165) is 19.6 Å². The Balaban J connectivity index is 1.69. The number of hydrogen-bond acceptors (Lipinski definition) is 5. The molecule has 0 radical (unpaired) electrons. The number of nitrogen functional groups attached to an aromatic ring is 1. The van der Waals surface area contributed by atoms with E-state index in [1.54, 1.807) is 5.38 Å². The lowest BCUT2D eigenvalue weighted by atomic mass is 9.89. The maximum Gasteiger partial charge on any atom is 0.273 e. The van der Waals surface area contributed by atoms with E-state index in [2.05, 4.69) is 22.4 Å². The van der Waals surface area contributed by atoms with Gasteiger partial charge in [-0.25, -0.2) is 4.98 Å². The van der Waals surface area contributed by atoms with Crippen LogP contribution in [0.3, 0.4) is 0 Å². The van der Waals surface area contributed by atoms with E-state index in [1.807, 2.05) is 23.1 Å². The van der Waals surface area contributed by atoms with E-state index in [0.29, 0.717) is 22.7 Å². The first-order valence-corrected chi connectivity index (χ1v) is 8.39. The Morgan fingerprint density at radius 2 is 2.14 bits per heavy atom. The molecule has 22 heavy (non-hydrogen) atoms. The molecule has 114 valence electrons. The summed E-state index contributed by atoms with van der Waals surface area (Å²) in [6.07, 6.45) is 0. The van der Waals surface area contributed by atoms with Crippen LogP contribution in [-0.4, -0.2) is 35.4 Å². The highest BCUT2D eigenvalue weighted by Crippen LogP contribution is 2.43.